The molecule has 2 rings (SSSR count). The highest BCUT2D eigenvalue weighted by atomic mass is 79.9. The summed E-state index contributed by atoms with van der Waals surface area (Å²) < 4.78 is 14.2. The van der Waals surface area contributed by atoms with Gasteiger partial charge in [-0.3, -0.25) is 4.79 Å². The molecule has 19 heavy (non-hydrogen) atoms. The summed E-state index contributed by atoms with van der Waals surface area (Å²) in [6, 6.07) is 4.88. The highest BCUT2D eigenvalue weighted by molar-refractivity contribution is 9.10. The van der Waals surface area contributed by atoms with Crippen LogP contribution in [0.5, 0.6) is 0 Å². The van der Waals surface area contributed by atoms with E-state index >= 15 is 0 Å². The molecule has 2 atom stereocenters. The number of hydrogen-bond acceptors (Lipinski definition) is 2. The molecule has 1 heterocycles. The molecule has 0 bridgehead atoms. The fourth-order valence-electron chi connectivity index (χ4n) is 2.49. The van der Waals surface area contributed by atoms with Gasteiger partial charge in [-0.2, -0.15) is 0 Å². The molecule has 104 valence electrons. The smallest absolute Gasteiger partial charge is 0.254 e. The first kappa shape index (κ1) is 14.5. The Hall–Kier alpha value is -0.940. The third-order valence-corrected chi connectivity index (χ3v) is 4.23. The van der Waals surface area contributed by atoms with Crippen LogP contribution in [0, 0.1) is 11.7 Å². The predicted octanol–water partition coefficient (Wildman–Crippen LogP) is 2.66. The zero-order valence-corrected chi connectivity index (χ0v) is 12.7. The average molecular weight is 329 g/mol. The van der Waals surface area contributed by atoms with Crippen LogP contribution in [0.2, 0.25) is 0 Å². The number of amides is 1. The Balaban J connectivity index is 2.07. The highest BCUT2D eigenvalue weighted by Gasteiger charge is 2.26. The topological polar surface area (TPSA) is 32.3 Å². The number of rotatable bonds is 2. The van der Waals surface area contributed by atoms with E-state index in [2.05, 4.69) is 40.1 Å². The van der Waals surface area contributed by atoms with Crippen LogP contribution < -0.4 is 5.32 Å². The van der Waals surface area contributed by atoms with Gasteiger partial charge in [0.1, 0.15) is 5.82 Å². The molecular weight excluding hydrogens is 311 g/mol. The van der Waals surface area contributed by atoms with Crippen LogP contribution in [-0.2, 0) is 0 Å². The lowest BCUT2D eigenvalue weighted by molar-refractivity contribution is 0.0879. The molecule has 0 spiro atoms. The maximum Gasteiger partial charge on any atom is 0.254 e. The molecule has 3 nitrogen and oxygen atoms in total. The van der Waals surface area contributed by atoms with Crippen molar-refractivity contribution in [1.82, 2.24) is 10.2 Å². The van der Waals surface area contributed by atoms with E-state index in [1.54, 1.807) is 12.1 Å². The van der Waals surface area contributed by atoms with Crippen molar-refractivity contribution >= 4 is 21.8 Å². The largest absolute Gasteiger partial charge is 0.349 e. The monoisotopic (exact) mass is 328 g/mol. The van der Waals surface area contributed by atoms with Crippen LogP contribution >= 0.6 is 15.9 Å². The number of piperidine rings is 1. The number of hydrogen-bond donors (Lipinski definition) is 1. The second kappa shape index (κ2) is 6.01. The van der Waals surface area contributed by atoms with E-state index in [1.165, 1.54) is 6.07 Å². The van der Waals surface area contributed by atoms with Crippen molar-refractivity contribution in [3.05, 3.63) is 34.1 Å². The molecule has 1 fully saturated rings. The summed E-state index contributed by atoms with van der Waals surface area (Å²) in [4.78, 5) is 14.4. The van der Waals surface area contributed by atoms with E-state index in [0.29, 0.717) is 10.4 Å². The maximum atomic E-state index is 13.8. The van der Waals surface area contributed by atoms with Crippen molar-refractivity contribution in [2.45, 2.75) is 19.4 Å². The number of likely N-dealkylation sites (tertiary alicyclic amines) is 1. The van der Waals surface area contributed by atoms with E-state index in [0.717, 1.165) is 19.5 Å². The minimum Gasteiger partial charge on any atom is -0.349 e. The fourth-order valence-corrected chi connectivity index (χ4v) is 2.86. The van der Waals surface area contributed by atoms with Crippen molar-refractivity contribution in [2.75, 3.05) is 20.1 Å². The van der Waals surface area contributed by atoms with Gasteiger partial charge in [0.15, 0.2) is 0 Å². The minimum absolute atomic E-state index is 0.0977. The van der Waals surface area contributed by atoms with Gasteiger partial charge in [-0.15, -0.1) is 0 Å². The number of benzene rings is 1. The van der Waals surface area contributed by atoms with Gasteiger partial charge >= 0.3 is 0 Å². The second-order valence-corrected chi connectivity index (χ2v) is 6.06. The molecule has 2 unspecified atom stereocenters. The van der Waals surface area contributed by atoms with Crippen LogP contribution in [0.4, 0.5) is 4.39 Å². The van der Waals surface area contributed by atoms with Crippen LogP contribution in [0.15, 0.2) is 22.7 Å². The molecule has 1 aromatic rings. The Kier molecular flexibility index (Phi) is 4.58. The molecule has 5 heteroatoms. The van der Waals surface area contributed by atoms with E-state index < -0.39 is 5.82 Å². The highest BCUT2D eigenvalue weighted by Crippen LogP contribution is 2.20. The lowest BCUT2D eigenvalue weighted by Gasteiger charge is -2.35. The molecule has 0 saturated carbocycles. The van der Waals surface area contributed by atoms with Gasteiger partial charge in [0.25, 0.3) is 5.91 Å². The SMILES string of the molecule is CC1CN(C)CCC1NC(=O)c1cccc(Br)c1F. The Morgan fingerprint density at radius 3 is 2.95 bits per heavy atom. The standard InChI is InChI=1S/C14H18BrFN2O/c1-9-8-18(2)7-6-12(9)17-14(19)10-4-3-5-11(15)13(10)16/h3-5,9,12H,6-8H2,1-2H3,(H,17,19). The van der Waals surface area contributed by atoms with Crippen LogP contribution in [-0.4, -0.2) is 37.0 Å². The number of nitrogens with zero attached hydrogens (tertiary/aromatic N) is 1. The molecule has 1 saturated heterocycles. The minimum atomic E-state index is -0.499. The summed E-state index contributed by atoms with van der Waals surface area (Å²) >= 11 is 3.10. The number of halogens is 2. The van der Waals surface area contributed by atoms with Crippen molar-refractivity contribution in [1.29, 1.82) is 0 Å². The maximum absolute atomic E-state index is 13.8. The molecule has 1 aliphatic rings. The van der Waals surface area contributed by atoms with Gasteiger partial charge in [0.05, 0.1) is 10.0 Å². The Labute approximate surface area is 121 Å². The van der Waals surface area contributed by atoms with E-state index in [-0.39, 0.29) is 17.5 Å². The molecule has 1 aliphatic heterocycles. The van der Waals surface area contributed by atoms with Crippen LogP contribution in [0.1, 0.15) is 23.7 Å². The molecular formula is C14H18BrFN2O. The number of carbonyl (C=O) groups is 1. The normalized spacial score (nSPS) is 24.2. The van der Waals surface area contributed by atoms with Crippen LogP contribution in [0.3, 0.4) is 0 Å². The fraction of sp³-hybridized carbons (Fsp3) is 0.500. The summed E-state index contributed by atoms with van der Waals surface area (Å²) in [5.41, 5.74) is 0.0977. The van der Waals surface area contributed by atoms with Crippen LogP contribution in [0.25, 0.3) is 0 Å². The molecule has 0 radical (unpaired) electrons. The zero-order chi connectivity index (χ0) is 14.0. The Morgan fingerprint density at radius 1 is 1.53 bits per heavy atom. The predicted molar refractivity (Wildman–Crippen MR) is 76.6 cm³/mol. The number of carbonyl (C=O) groups excluding carboxylic acids is 1. The third-order valence-electron chi connectivity index (χ3n) is 3.62. The summed E-state index contributed by atoms with van der Waals surface area (Å²) in [6.45, 7) is 4.01. The van der Waals surface area contributed by atoms with Crippen molar-refractivity contribution < 1.29 is 9.18 Å². The lowest BCUT2D eigenvalue weighted by Crippen LogP contribution is -2.49. The Morgan fingerprint density at radius 2 is 2.26 bits per heavy atom. The van der Waals surface area contributed by atoms with Gasteiger partial charge in [0, 0.05) is 12.6 Å². The second-order valence-electron chi connectivity index (χ2n) is 5.21. The molecule has 0 aromatic heterocycles. The van der Waals surface area contributed by atoms with Crippen molar-refractivity contribution in [3.63, 3.8) is 0 Å². The van der Waals surface area contributed by atoms with E-state index in [1.807, 2.05) is 0 Å². The molecule has 1 N–H and O–H groups in total. The summed E-state index contributed by atoms with van der Waals surface area (Å²) in [6.07, 6.45) is 0.902. The molecule has 1 amide bonds. The first-order chi connectivity index (χ1) is 8.99. The van der Waals surface area contributed by atoms with Gasteiger partial charge in [-0.1, -0.05) is 13.0 Å². The summed E-state index contributed by atoms with van der Waals surface area (Å²) in [5, 5.41) is 2.95. The lowest BCUT2D eigenvalue weighted by atomic mass is 9.94. The number of nitrogens with one attached hydrogen (secondary N) is 1. The summed E-state index contributed by atoms with van der Waals surface area (Å²) in [7, 11) is 2.07. The van der Waals surface area contributed by atoms with E-state index in [4.69, 9.17) is 0 Å². The van der Waals surface area contributed by atoms with Crippen molar-refractivity contribution in [2.24, 2.45) is 5.92 Å². The quantitative estimate of drug-likeness (QED) is 0.905. The van der Waals surface area contributed by atoms with E-state index in [9.17, 15) is 9.18 Å². The molecule has 0 aliphatic carbocycles. The Bertz CT molecular complexity index is 481. The third kappa shape index (κ3) is 3.34. The van der Waals surface area contributed by atoms with Gasteiger partial charge in [-0.05, 0) is 54.0 Å². The molecule has 1 aromatic carbocycles. The van der Waals surface area contributed by atoms with Gasteiger partial charge < -0.3 is 10.2 Å². The zero-order valence-electron chi connectivity index (χ0n) is 11.1. The van der Waals surface area contributed by atoms with Crippen molar-refractivity contribution in [3.8, 4) is 0 Å². The average Bonchev–Trinajstić information content (AvgIpc) is 2.36. The first-order valence-corrected chi connectivity index (χ1v) is 7.21. The van der Waals surface area contributed by atoms with Gasteiger partial charge in [-0.25, -0.2) is 4.39 Å². The van der Waals surface area contributed by atoms with Gasteiger partial charge in [0.2, 0.25) is 0 Å². The first-order valence-electron chi connectivity index (χ1n) is 6.42. The summed E-state index contributed by atoms with van der Waals surface area (Å²) in [5.74, 6) is -0.460.